The Labute approximate surface area is 68.7 Å². The third kappa shape index (κ3) is 2.84. The SMILES string of the molecule is O=C(CO)[13C@@H](O)[C@H](O)[C@H](O)CO. The van der Waals surface area contributed by atoms with Crippen molar-refractivity contribution in [1.29, 1.82) is 0 Å². The van der Waals surface area contributed by atoms with E-state index < -0.39 is 37.3 Å². The van der Waals surface area contributed by atoms with Gasteiger partial charge in [0.25, 0.3) is 0 Å². The Balaban J connectivity index is 4.08. The zero-order chi connectivity index (χ0) is 9.72. The molecule has 0 aromatic carbocycles. The number of hydrogen-bond donors (Lipinski definition) is 5. The molecule has 0 unspecified atom stereocenters. The van der Waals surface area contributed by atoms with Crippen LogP contribution in [0.25, 0.3) is 0 Å². The Morgan fingerprint density at radius 3 is 2.00 bits per heavy atom. The molecule has 5 N–H and O–H groups in total. The standard InChI is InChI=1S/C6H12O6/c7-1-3(9)5(11)6(12)4(10)2-8/h3,5-9,11-12H,1-2H2/t3-,5-,6-/m1/s1/i6+1. The van der Waals surface area contributed by atoms with Crippen molar-refractivity contribution in [2.24, 2.45) is 0 Å². The van der Waals surface area contributed by atoms with Crippen LogP contribution in [0.3, 0.4) is 0 Å². The fraction of sp³-hybridized carbons (Fsp3) is 0.833. The topological polar surface area (TPSA) is 118 Å². The van der Waals surface area contributed by atoms with E-state index in [-0.39, 0.29) is 0 Å². The third-order valence-electron chi connectivity index (χ3n) is 1.39. The summed E-state index contributed by atoms with van der Waals surface area (Å²) in [6, 6.07) is 0. The van der Waals surface area contributed by atoms with E-state index in [1.807, 2.05) is 0 Å². The Morgan fingerprint density at radius 1 is 1.17 bits per heavy atom. The van der Waals surface area contributed by atoms with E-state index in [2.05, 4.69) is 0 Å². The van der Waals surface area contributed by atoms with Crippen LogP contribution >= 0.6 is 0 Å². The Kier molecular flexibility index (Phi) is 4.95. The summed E-state index contributed by atoms with van der Waals surface area (Å²) in [5.41, 5.74) is 0. The van der Waals surface area contributed by atoms with Crippen molar-refractivity contribution >= 4 is 5.78 Å². The van der Waals surface area contributed by atoms with Crippen LogP contribution in [0.2, 0.25) is 0 Å². The van der Waals surface area contributed by atoms with Crippen LogP contribution in [0.1, 0.15) is 0 Å². The van der Waals surface area contributed by atoms with Gasteiger partial charge in [0.2, 0.25) is 0 Å². The maximum absolute atomic E-state index is 10.5. The molecule has 12 heavy (non-hydrogen) atoms. The zero-order valence-corrected chi connectivity index (χ0v) is 6.29. The predicted molar refractivity (Wildman–Crippen MR) is 37.2 cm³/mol. The van der Waals surface area contributed by atoms with Gasteiger partial charge in [-0.1, -0.05) is 0 Å². The van der Waals surface area contributed by atoms with Gasteiger partial charge in [0, 0.05) is 0 Å². The minimum atomic E-state index is -1.86. The van der Waals surface area contributed by atoms with Gasteiger partial charge in [0.1, 0.15) is 24.9 Å². The fourth-order valence-electron chi connectivity index (χ4n) is 0.602. The average Bonchev–Trinajstić information content (AvgIpc) is 2.12. The largest absolute Gasteiger partial charge is 0.394 e. The molecule has 0 heterocycles. The molecular weight excluding hydrogens is 169 g/mol. The van der Waals surface area contributed by atoms with Gasteiger partial charge in [0.05, 0.1) is 6.61 Å². The zero-order valence-electron chi connectivity index (χ0n) is 6.29. The lowest BCUT2D eigenvalue weighted by Crippen LogP contribution is -2.44. The van der Waals surface area contributed by atoms with Gasteiger partial charge < -0.3 is 25.5 Å². The number of hydrogen-bond acceptors (Lipinski definition) is 6. The van der Waals surface area contributed by atoms with Crippen LogP contribution in [0.15, 0.2) is 0 Å². The van der Waals surface area contributed by atoms with Crippen LogP contribution < -0.4 is 0 Å². The molecule has 0 aromatic rings. The fourth-order valence-corrected chi connectivity index (χ4v) is 0.602. The van der Waals surface area contributed by atoms with Gasteiger partial charge >= 0.3 is 0 Å². The number of aliphatic hydroxyl groups is 5. The van der Waals surface area contributed by atoms with E-state index >= 15 is 0 Å². The van der Waals surface area contributed by atoms with Crippen LogP contribution in [-0.4, -0.2) is 62.8 Å². The number of ketones is 1. The number of carbonyl (C=O) groups is 1. The maximum atomic E-state index is 10.5. The van der Waals surface area contributed by atoms with Crippen LogP contribution in [-0.2, 0) is 4.79 Å². The van der Waals surface area contributed by atoms with Crippen molar-refractivity contribution in [1.82, 2.24) is 0 Å². The minimum absolute atomic E-state index is 0.767. The van der Waals surface area contributed by atoms with Crippen LogP contribution in [0.4, 0.5) is 0 Å². The van der Waals surface area contributed by atoms with Gasteiger partial charge in [-0.05, 0) is 0 Å². The molecule has 0 rings (SSSR count). The van der Waals surface area contributed by atoms with Crippen molar-refractivity contribution in [3.63, 3.8) is 0 Å². The summed E-state index contributed by atoms with van der Waals surface area (Å²) >= 11 is 0. The first kappa shape index (κ1) is 11.5. The summed E-state index contributed by atoms with van der Waals surface area (Å²) in [5.74, 6) is -1.00. The highest BCUT2D eigenvalue weighted by Gasteiger charge is 2.28. The van der Waals surface area contributed by atoms with Crippen molar-refractivity contribution in [3.05, 3.63) is 0 Å². The molecule has 6 heteroatoms. The Morgan fingerprint density at radius 2 is 1.67 bits per heavy atom. The molecule has 0 saturated heterocycles. The second-order valence-corrected chi connectivity index (χ2v) is 2.31. The van der Waals surface area contributed by atoms with Crippen molar-refractivity contribution in [3.8, 4) is 0 Å². The van der Waals surface area contributed by atoms with E-state index in [9.17, 15) is 4.79 Å². The molecule has 0 saturated carbocycles. The molecule has 3 atom stereocenters. The van der Waals surface area contributed by atoms with Gasteiger partial charge in [-0.15, -0.1) is 0 Å². The van der Waals surface area contributed by atoms with Crippen molar-refractivity contribution < 1.29 is 30.3 Å². The summed E-state index contributed by atoms with van der Waals surface area (Å²) in [4.78, 5) is 10.5. The van der Waals surface area contributed by atoms with Gasteiger partial charge in [0.15, 0.2) is 5.78 Å². The summed E-state index contributed by atoms with van der Waals surface area (Å²) in [6.07, 6.45) is -5.22. The van der Waals surface area contributed by atoms with Gasteiger partial charge in [-0.3, -0.25) is 4.79 Å². The molecule has 72 valence electrons. The molecule has 0 bridgehead atoms. The molecule has 0 amide bonds. The van der Waals surface area contributed by atoms with Crippen molar-refractivity contribution in [2.75, 3.05) is 13.2 Å². The summed E-state index contributed by atoms with van der Waals surface area (Å²) in [6.45, 7) is -1.69. The predicted octanol–water partition coefficient (Wildman–Crippen LogP) is -3.38. The normalized spacial score (nSPS) is 18.4. The second-order valence-electron chi connectivity index (χ2n) is 2.31. The minimum Gasteiger partial charge on any atom is -0.394 e. The lowest BCUT2D eigenvalue weighted by molar-refractivity contribution is -0.142. The van der Waals surface area contributed by atoms with E-state index in [1.54, 1.807) is 0 Å². The molecule has 0 aromatic heterocycles. The molecule has 6 nitrogen and oxygen atoms in total. The first-order valence-electron chi connectivity index (χ1n) is 3.33. The number of rotatable bonds is 5. The number of carbonyl (C=O) groups excluding carboxylic acids is 1. The third-order valence-corrected chi connectivity index (χ3v) is 1.39. The monoisotopic (exact) mass is 181 g/mol. The first-order valence-corrected chi connectivity index (χ1v) is 3.33. The lowest BCUT2D eigenvalue weighted by Gasteiger charge is -2.19. The lowest BCUT2D eigenvalue weighted by atomic mass is 10.2. The van der Waals surface area contributed by atoms with Gasteiger partial charge in [-0.2, -0.15) is 0 Å². The number of Topliss-reactive ketones (excluding diaryl/α,β-unsaturated/α-hetero) is 1. The highest BCUT2D eigenvalue weighted by Crippen LogP contribution is 2.00. The quantitative estimate of drug-likeness (QED) is 0.282. The Hall–Kier alpha value is -0.530. The van der Waals surface area contributed by atoms with Gasteiger partial charge in [-0.25, -0.2) is 0 Å². The summed E-state index contributed by atoms with van der Waals surface area (Å²) < 4.78 is 0. The molecule has 0 spiro atoms. The van der Waals surface area contributed by atoms with Crippen LogP contribution in [0.5, 0.6) is 0 Å². The molecule has 0 aliphatic heterocycles. The van der Waals surface area contributed by atoms with E-state index in [1.165, 1.54) is 0 Å². The second kappa shape index (κ2) is 5.18. The Bertz CT molecular complexity index is 147. The molecule has 0 aliphatic carbocycles. The van der Waals surface area contributed by atoms with E-state index in [0.717, 1.165) is 0 Å². The molecule has 0 fully saturated rings. The average molecular weight is 181 g/mol. The maximum Gasteiger partial charge on any atom is 0.189 e. The van der Waals surface area contributed by atoms with E-state index in [4.69, 9.17) is 25.5 Å². The molecule has 0 radical (unpaired) electrons. The van der Waals surface area contributed by atoms with Crippen LogP contribution in [0, 0.1) is 0 Å². The smallest absolute Gasteiger partial charge is 0.189 e. The highest BCUT2D eigenvalue weighted by atomic mass is 16.4. The van der Waals surface area contributed by atoms with Crippen molar-refractivity contribution in [2.45, 2.75) is 18.3 Å². The molecular formula is C6H12O6. The number of aliphatic hydroxyl groups excluding tert-OH is 5. The molecule has 0 aliphatic rings. The highest BCUT2D eigenvalue weighted by molar-refractivity contribution is 5.84. The summed E-state index contributed by atoms with van der Waals surface area (Å²) in [7, 11) is 0. The summed E-state index contributed by atoms with van der Waals surface area (Å²) in [5, 5.41) is 43.1. The van der Waals surface area contributed by atoms with E-state index in [0.29, 0.717) is 0 Å². The first-order chi connectivity index (χ1) is 5.54.